The number of ether oxygens (including phenoxy) is 2. The van der Waals surface area contributed by atoms with Crippen LogP contribution < -0.4 is 0 Å². The van der Waals surface area contributed by atoms with Gasteiger partial charge in [0.2, 0.25) is 0 Å². The van der Waals surface area contributed by atoms with E-state index in [9.17, 15) is 4.79 Å². The Labute approximate surface area is 188 Å². The van der Waals surface area contributed by atoms with E-state index in [1.165, 1.54) is 0 Å². The molecule has 3 heterocycles. The van der Waals surface area contributed by atoms with E-state index in [1.54, 1.807) is 15.5 Å². The molecular weight excluding hydrogens is 416 g/mol. The zero-order valence-electron chi connectivity index (χ0n) is 18.5. The van der Waals surface area contributed by atoms with Crippen LogP contribution in [-0.4, -0.2) is 50.4 Å². The van der Waals surface area contributed by atoms with Crippen LogP contribution in [0.3, 0.4) is 0 Å². The monoisotopic (exact) mass is 446 g/mol. The fourth-order valence-electron chi connectivity index (χ4n) is 4.27. The van der Waals surface area contributed by atoms with Crippen molar-refractivity contribution in [1.82, 2.24) is 19.5 Å². The van der Waals surface area contributed by atoms with Gasteiger partial charge in [-0.3, -0.25) is 4.90 Å². The number of piperidine rings is 1. The summed E-state index contributed by atoms with van der Waals surface area (Å²) in [6, 6.07) is 3.71. The van der Waals surface area contributed by atoms with Crippen LogP contribution in [-0.2, 0) is 9.47 Å². The van der Waals surface area contributed by atoms with Crippen molar-refractivity contribution in [2.75, 3.05) is 13.2 Å². The van der Waals surface area contributed by atoms with Gasteiger partial charge in [0, 0.05) is 24.2 Å². The maximum atomic E-state index is 12.8. The van der Waals surface area contributed by atoms with Crippen molar-refractivity contribution in [3.63, 3.8) is 0 Å². The van der Waals surface area contributed by atoms with E-state index in [1.807, 2.05) is 32.9 Å². The smallest absolute Gasteiger partial charge is 0.410 e. The minimum Gasteiger partial charge on any atom is -0.444 e. The number of halogens is 1. The largest absolute Gasteiger partial charge is 0.444 e. The Bertz CT molecular complexity index is 962. The molecule has 168 valence electrons. The van der Waals surface area contributed by atoms with Crippen molar-refractivity contribution in [3.05, 3.63) is 41.3 Å². The molecule has 0 spiro atoms. The number of likely N-dealkylation sites (tertiary alicyclic amines) is 1. The Hall–Kier alpha value is -2.12. The molecule has 0 bridgehead atoms. The molecule has 1 aliphatic carbocycles. The summed E-state index contributed by atoms with van der Waals surface area (Å²) in [5, 5.41) is 5.23. The second-order valence-electron chi connectivity index (χ2n) is 9.44. The number of rotatable bonds is 5. The number of hydrogen-bond acceptors (Lipinski definition) is 5. The average Bonchev–Trinajstić information content (AvgIpc) is 3.10. The molecule has 2 aromatic heterocycles. The molecular formula is C23H31ClN4O3. The molecule has 0 aromatic carbocycles. The van der Waals surface area contributed by atoms with Gasteiger partial charge in [0.05, 0.1) is 24.4 Å². The summed E-state index contributed by atoms with van der Waals surface area (Å²) in [5.41, 5.74) is 1.95. The van der Waals surface area contributed by atoms with Gasteiger partial charge in [-0.05, 0) is 58.9 Å². The quantitative estimate of drug-likeness (QED) is 0.460. The zero-order valence-corrected chi connectivity index (χ0v) is 19.3. The van der Waals surface area contributed by atoms with Gasteiger partial charge >= 0.3 is 6.09 Å². The van der Waals surface area contributed by atoms with Crippen LogP contribution in [0, 0.1) is 0 Å². The lowest BCUT2D eigenvalue weighted by Crippen LogP contribution is -2.42. The van der Waals surface area contributed by atoms with Crippen LogP contribution in [0.2, 0.25) is 5.15 Å². The summed E-state index contributed by atoms with van der Waals surface area (Å²) in [5.74, 6) is 0.337. The highest BCUT2D eigenvalue weighted by molar-refractivity contribution is 6.29. The molecule has 4 rings (SSSR count). The summed E-state index contributed by atoms with van der Waals surface area (Å²) in [7, 11) is 0. The molecule has 1 saturated carbocycles. The minimum absolute atomic E-state index is 0.134. The molecule has 7 nitrogen and oxygen atoms in total. The molecule has 31 heavy (non-hydrogen) atoms. The molecule has 2 aliphatic rings. The van der Waals surface area contributed by atoms with Crippen molar-refractivity contribution >= 4 is 23.3 Å². The number of fused-ring (bicyclic) bond motifs is 1. The minimum atomic E-state index is -0.534. The highest BCUT2D eigenvalue weighted by atomic mass is 35.5. The third-order valence-electron chi connectivity index (χ3n) is 5.86. The van der Waals surface area contributed by atoms with Crippen molar-refractivity contribution in [2.45, 2.75) is 76.5 Å². The van der Waals surface area contributed by atoms with E-state index in [4.69, 9.17) is 31.2 Å². The van der Waals surface area contributed by atoms with Crippen LogP contribution in [0.4, 0.5) is 4.79 Å². The number of nitrogens with zero attached hydrogens (tertiary/aromatic N) is 4. The second-order valence-corrected chi connectivity index (χ2v) is 9.83. The highest BCUT2D eigenvalue weighted by Crippen LogP contribution is 2.39. The summed E-state index contributed by atoms with van der Waals surface area (Å²) in [4.78, 5) is 19.4. The highest BCUT2D eigenvalue weighted by Gasteiger charge is 2.35. The topological polar surface area (TPSA) is 69.0 Å². The van der Waals surface area contributed by atoms with Crippen LogP contribution in [0.1, 0.15) is 76.2 Å². The Morgan fingerprint density at radius 3 is 2.77 bits per heavy atom. The molecule has 1 atom stereocenters. The number of carbonyl (C=O) groups excluding carboxylic acids is 1. The average molecular weight is 447 g/mol. The van der Waals surface area contributed by atoms with E-state index < -0.39 is 5.60 Å². The van der Waals surface area contributed by atoms with Crippen molar-refractivity contribution in [3.8, 4) is 0 Å². The normalized spacial score (nSPS) is 24.1. The molecule has 1 aliphatic heterocycles. The summed E-state index contributed by atoms with van der Waals surface area (Å²) in [6.45, 7) is 10.6. The van der Waals surface area contributed by atoms with Gasteiger partial charge in [-0.1, -0.05) is 17.7 Å². The Balaban J connectivity index is 1.55. The predicted octanol–water partition coefficient (Wildman–Crippen LogP) is 5.29. The number of hydrogen-bond donors (Lipinski definition) is 0. The van der Waals surface area contributed by atoms with Crippen LogP contribution in [0.15, 0.2) is 24.8 Å². The summed E-state index contributed by atoms with van der Waals surface area (Å²) in [6.07, 6.45) is 6.44. The van der Waals surface area contributed by atoms with E-state index in [0.29, 0.717) is 29.9 Å². The Kier molecular flexibility index (Phi) is 6.26. The first kappa shape index (κ1) is 22.1. The van der Waals surface area contributed by atoms with Gasteiger partial charge in [-0.15, -0.1) is 6.58 Å². The molecule has 1 amide bonds. The molecule has 2 aromatic rings. The first-order valence-corrected chi connectivity index (χ1v) is 11.4. The molecule has 1 saturated heterocycles. The second kappa shape index (κ2) is 8.79. The van der Waals surface area contributed by atoms with Gasteiger partial charge in [-0.2, -0.15) is 5.10 Å². The van der Waals surface area contributed by atoms with Crippen molar-refractivity contribution in [2.24, 2.45) is 0 Å². The maximum Gasteiger partial charge on any atom is 0.410 e. The SMILES string of the molecule is C=CCOC1CC(c2cc(Cl)n3nc([C@@H]4CCCCN4C(=O)OC(C)(C)C)cc3n2)C1. The molecule has 0 unspecified atom stereocenters. The lowest BCUT2D eigenvalue weighted by Gasteiger charge is -2.35. The van der Waals surface area contributed by atoms with Crippen LogP contribution in [0.25, 0.3) is 5.65 Å². The lowest BCUT2D eigenvalue weighted by molar-refractivity contribution is 0.00423. The van der Waals surface area contributed by atoms with E-state index in [2.05, 4.69) is 6.58 Å². The van der Waals surface area contributed by atoms with Crippen LogP contribution in [0.5, 0.6) is 0 Å². The van der Waals surface area contributed by atoms with Crippen molar-refractivity contribution in [1.29, 1.82) is 0 Å². The lowest BCUT2D eigenvalue weighted by atomic mass is 9.80. The fourth-order valence-corrected chi connectivity index (χ4v) is 4.51. The maximum absolute atomic E-state index is 12.8. The molecule has 0 radical (unpaired) electrons. The van der Waals surface area contributed by atoms with Gasteiger partial charge in [0.25, 0.3) is 0 Å². The van der Waals surface area contributed by atoms with Gasteiger partial charge in [0.15, 0.2) is 5.65 Å². The number of carbonyl (C=O) groups is 1. The molecule has 8 heteroatoms. The third kappa shape index (κ3) is 4.88. The first-order chi connectivity index (χ1) is 14.7. The molecule has 2 fully saturated rings. The first-order valence-electron chi connectivity index (χ1n) is 11.0. The standard InChI is InChI=1S/C23H31ClN4O3/c1-5-10-30-16-11-15(12-16)17-13-20(24)28-21(25-17)14-18(26-28)19-8-6-7-9-27(19)22(29)31-23(2,3)4/h5,13-16,19H,1,6-12H2,2-4H3/t15?,16?,19-/m0/s1. The van der Waals surface area contributed by atoms with E-state index in [0.717, 1.165) is 43.5 Å². The summed E-state index contributed by atoms with van der Waals surface area (Å²) >= 11 is 6.56. The Morgan fingerprint density at radius 1 is 1.29 bits per heavy atom. The van der Waals surface area contributed by atoms with E-state index >= 15 is 0 Å². The van der Waals surface area contributed by atoms with Gasteiger partial charge in [-0.25, -0.2) is 14.3 Å². The number of aromatic nitrogens is 3. The van der Waals surface area contributed by atoms with Crippen LogP contribution >= 0.6 is 11.6 Å². The van der Waals surface area contributed by atoms with Gasteiger partial charge in [0.1, 0.15) is 10.8 Å². The predicted molar refractivity (Wildman–Crippen MR) is 119 cm³/mol. The number of amides is 1. The van der Waals surface area contributed by atoms with E-state index in [-0.39, 0.29) is 18.2 Å². The zero-order chi connectivity index (χ0) is 22.2. The van der Waals surface area contributed by atoms with Crippen molar-refractivity contribution < 1.29 is 14.3 Å². The molecule has 0 N–H and O–H groups in total. The van der Waals surface area contributed by atoms with Gasteiger partial charge < -0.3 is 9.47 Å². The third-order valence-corrected chi connectivity index (χ3v) is 6.13. The Morgan fingerprint density at radius 2 is 2.06 bits per heavy atom. The summed E-state index contributed by atoms with van der Waals surface area (Å²) < 4.78 is 13.0. The fraction of sp³-hybridized carbons (Fsp3) is 0.609.